The van der Waals surface area contributed by atoms with Crippen LogP contribution in [0.5, 0.6) is 0 Å². The fourth-order valence-corrected chi connectivity index (χ4v) is 1.83. The molecule has 2 rings (SSSR count). The van der Waals surface area contributed by atoms with Gasteiger partial charge in [-0.3, -0.25) is 4.79 Å². The molecule has 0 radical (unpaired) electrons. The number of H-pyrrole nitrogens is 1. The largest absolute Gasteiger partial charge is 0.365 e. The van der Waals surface area contributed by atoms with Crippen molar-refractivity contribution in [2.75, 3.05) is 5.32 Å². The minimum absolute atomic E-state index is 0.106. The Morgan fingerprint density at radius 2 is 2.06 bits per heavy atom. The van der Waals surface area contributed by atoms with Crippen LogP contribution >= 0.6 is 15.9 Å². The summed E-state index contributed by atoms with van der Waals surface area (Å²) in [5.41, 5.74) is 2.30. The summed E-state index contributed by atoms with van der Waals surface area (Å²) >= 11 is 3.38. The van der Waals surface area contributed by atoms with E-state index in [9.17, 15) is 4.79 Å². The van der Waals surface area contributed by atoms with E-state index in [1.807, 2.05) is 31.2 Å². The number of aryl methyl sites for hydroxylation is 1. The Balaban J connectivity index is 2.21. The smallest absolute Gasteiger partial charge is 0.257 e. The molecule has 0 spiro atoms. The normalized spacial score (nSPS) is 10.1. The highest BCUT2D eigenvalue weighted by Gasteiger charge is 2.10. The number of hydrogen-bond donors (Lipinski definition) is 2. The maximum atomic E-state index is 11.9. The molecule has 2 aromatic rings. The highest BCUT2D eigenvalue weighted by atomic mass is 79.9. The summed E-state index contributed by atoms with van der Waals surface area (Å²) in [6, 6.07) is 9.29. The SMILES string of the molecule is Cc1[nH]ccc1C(=O)Nc1ccccc1Br. The van der Waals surface area contributed by atoms with Gasteiger partial charge in [0, 0.05) is 16.4 Å². The molecule has 1 aromatic heterocycles. The molecule has 0 saturated carbocycles. The number of para-hydroxylation sites is 1. The van der Waals surface area contributed by atoms with Gasteiger partial charge in [-0.05, 0) is 41.1 Å². The van der Waals surface area contributed by atoms with Crippen LogP contribution in [0.15, 0.2) is 41.0 Å². The van der Waals surface area contributed by atoms with E-state index in [0.29, 0.717) is 5.56 Å². The first kappa shape index (κ1) is 11.0. The second kappa shape index (κ2) is 4.53. The second-order valence-corrected chi connectivity index (χ2v) is 4.30. The van der Waals surface area contributed by atoms with Crippen LogP contribution in [0.4, 0.5) is 5.69 Å². The van der Waals surface area contributed by atoms with Crippen LogP contribution in [0.1, 0.15) is 16.1 Å². The summed E-state index contributed by atoms with van der Waals surface area (Å²) in [4.78, 5) is 14.9. The van der Waals surface area contributed by atoms with Crippen LogP contribution in [0.25, 0.3) is 0 Å². The molecule has 0 aliphatic heterocycles. The molecule has 4 heteroatoms. The lowest BCUT2D eigenvalue weighted by Gasteiger charge is -2.06. The van der Waals surface area contributed by atoms with Gasteiger partial charge in [-0.15, -0.1) is 0 Å². The zero-order chi connectivity index (χ0) is 11.5. The zero-order valence-electron chi connectivity index (χ0n) is 8.75. The molecule has 1 heterocycles. The van der Waals surface area contributed by atoms with E-state index in [4.69, 9.17) is 0 Å². The lowest BCUT2D eigenvalue weighted by atomic mass is 10.2. The van der Waals surface area contributed by atoms with Crippen LogP contribution in [0.3, 0.4) is 0 Å². The summed E-state index contributed by atoms with van der Waals surface area (Å²) in [6.07, 6.45) is 1.75. The Labute approximate surface area is 102 Å². The van der Waals surface area contributed by atoms with E-state index in [2.05, 4.69) is 26.2 Å². The molecule has 0 fully saturated rings. The predicted octanol–water partition coefficient (Wildman–Crippen LogP) is 3.34. The molecule has 0 aliphatic rings. The molecule has 3 nitrogen and oxygen atoms in total. The van der Waals surface area contributed by atoms with Crippen molar-refractivity contribution in [3.8, 4) is 0 Å². The van der Waals surface area contributed by atoms with Crippen LogP contribution in [-0.4, -0.2) is 10.9 Å². The molecule has 0 aliphatic carbocycles. The van der Waals surface area contributed by atoms with Crippen molar-refractivity contribution in [3.63, 3.8) is 0 Å². The quantitative estimate of drug-likeness (QED) is 0.870. The van der Waals surface area contributed by atoms with Gasteiger partial charge in [-0.1, -0.05) is 12.1 Å². The van der Waals surface area contributed by atoms with Crippen LogP contribution in [-0.2, 0) is 0 Å². The molecule has 2 N–H and O–H groups in total. The average molecular weight is 279 g/mol. The Hall–Kier alpha value is -1.55. The van der Waals surface area contributed by atoms with Crippen LogP contribution in [0, 0.1) is 6.92 Å². The number of nitrogens with one attached hydrogen (secondary N) is 2. The van der Waals surface area contributed by atoms with Gasteiger partial charge in [0.15, 0.2) is 0 Å². The van der Waals surface area contributed by atoms with Crippen LogP contribution in [0.2, 0.25) is 0 Å². The molecule has 16 heavy (non-hydrogen) atoms. The zero-order valence-corrected chi connectivity index (χ0v) is 10.3. The van der Waals surface area contributed by atoms with Crippen molar-refractivity contribution in [2.45, 2.75) is 6.92 Å². The molecule has 82 valence electrons. The van der Waals surface area contributed by atoms with Gasteiger partial charge in [0.05, 0.1) is 11.3 Å². The van der Waals surface area contributed by atoms with Gasteiger partial charge in [-0.25, -0.2) is 0 Å². The molecule has 1 aromatic carbocycles. The van der Waals surface area contributed by atoms with Gasteiger partial charge in [0.25, 0.3) is 5.91 Å². The molecular weight excluding hydrogens is 268 g/mol. The Morgan fingerprint density at radius 3 is 2.69 bits per heavy atom. The summed E-state index contributed by atoms with van der Waals surface area (Å²) in [7, 11) is 0. The maximum absolute atomic E-state index is 11.9. The Bertz CT molecular complexity index is 519. The van der Waals surface area contributed by atoms with E-state index in [-0.39, 0.29) is 5.91 Å². The summed E-state index contributed by atoms with van der Waals surface area (Å²) in [6.45, 7) is 1.87. The number of anilines is 1. The Morgan fingerprint density at radius 1 is 1.31 bits per heavy atom. The molecule has 1 amide bonds. The number of benzene rings is 1. The Kier molecular flexibility index (Phi) is 3.10. The first-order chi connectivity index (χ1) is 7.68. The van der Waals surface area contributed by atoms with Gasteiger partial charge >= 0.3 is 0 Å². The first-order valence-electron chi connectivity index (χ1n) is 4.88. The predicted molar refractivity (Wildman–Crippen MR) is 67.6 cm³/mol. The fraction of sp³-hybridized carbons (Fsp3) is 0.0833. The van der Waals surface area contributed by atoms with Gasteiger partial charge < -0.3 is 10.3 Å². The molecular formula is C12H11BrN2O. The number of aromatic nitrogens is 1. The summed E-state index contributed by atoms with van der Waals surface area (Å²) < 4.78 is 0.872. The fourth-order valence-electron chi connectivity index (χ4n) is 1.45. The average Bonchev–Trinajstić information content (AvgIpc) is 2.68. The maximum Gasteiger partial charge on any atom is 0.257 e. The van der Waals surface area contributed by atoms with E-state index < -0.39 is 0 Å². The van der Waals surface area contributed by atoms with Gasteiger partial charge in [-0.2, -0.15) is 0 Å². The van der Waals surface area contributed by atoms with Gasteiger partial charge in [0.1, 0.15) is 0 Å². The van der Waals surface area contributed by atoms with E-state index in [1.165, 1.54) is 0 Å². The lowest BCUT2D eigenvalue weighted by molar-refractivity contribution is 0.102. The number of carbonyl (C=O) groups excluding carboxylic acids is 1. The highest BCUT2D eigenvalue weighted by molar-refractivity contribution is 9.10. The van der Waals surface area contributed by atoms with Crippen molar-refractivity contribution in [1.29, 1.82) is 0 Å². The topological polar surface area (TPSA) is 44.9 Å². The standard InChI is InChI=1S/C12H11BrN2O/c1-8-9(6-7-14-8)12(16)15-11-5-3-2-4-10(11)13/h2-7,14H,1H3,(H,15,16). The molecule has 0 saturated heterocycles. The molecule has 0 bridgehead atoms. The lowest BCUT2D eigenvalue weighted by Crippen LogP contribution is -2.12. The monoisotopic (exact) mass is 278 g/mol. The van der Waals surface area contributed by atoms with E-state index >= 15 is 0 Å². The number of rotatable bonds is 2. The number of carbonyl (C=O) groups is 1. The number of aromatic amines is 1. The third kappa shape index (κ3) is 2.17. The summed E-state index contributed by atoms with van der Waals surface area (Å²) in [5.74, 6) is -0.106. The van der Waals surface area contributed by atoms with Crippen molar-refractivity contribution >= 4 is 27.5 Å². The van der Waals surface area contributed by atoms with Crippen molar-refractivity contribution in [3.05, 3.63) is 52.3 Å². The minimum Gasteiger partial charge on any atom is -0.365 e. The third-order valence-corrected chi connectivity index (χ3v) is 3.01. The van der Waals surface area contributed by atoms with Crippen molar-refractivity contribution in [1.82, 2.24) is 4.98 Å². The minimum atomic E-state index is -0.106. The van der Waals surface area contributed by atoms with Gasteiger partial charge in [0.2, 0.25) is 0 Å². The van der Waals surface area contributed by atoms with E-state index in [1.54, 1.807) is 12.3 Å². The third-order valence-electron chi connectivity index (χ3n) is 2.32. The van der Waals surface area contributed by atoms with Crippen molar-refractivity contribution < 1.29 is 4.79 Å². The molecule has 0 atom stereocenters. The number of hydrogen-bond acceptors (Lipinski definition) is 1. The van der Waals surface area contributed by atoms with Crippen molar-refractivity contribution in [2.24, 2.45) is 0 Å². The first-order valence-corrected chi connectivity index (χ1v) is 5.67. The van der Waals surface area contributed by atoms with Crippen LogP contribution < -0.4 is 5.32 Å². The highest BCUT2D eigenvalue weighted by Crippen LogP contribution is 2.22. The summed E-state index contributed by atoms with van der Waals surface area (Å²) in [5, 5.41) is 2.85. The molecule has 0 unspecified atom stereocenters. The second-order valence-electron chi connectivity index (χ2n) is 3.45. The number of amides is 1. The number of halogens is 1. The van der Waals surface area contributed by atoms with E-state index in [0.717, 1.165) is 15.9 Å².